The van der Waals surface area contributed by atoms with Crippen molar-refractivity contribution in [1.29, 1.82) is 0 Å². The largest absolute Gasteiger partial charge is 0.454 e. The number of fused-ring (bicyclic) bond motifs is 5. The number of esters is 1. The van der Waals surface area contributed by atoms with Gasteiger partial charge in [-0.25, -0.2) is 4.79 Å². The molecule has 3 aliphatic rings. The van der Waals surface area contributed by atoms with Gasteiger partial charge in [0.1, 0.15) is 6.04 Å². The number of carbonyl (C=O) groups is 4. The van der Waals surface area contributed by atoms with Crippen molar-refractivity contribution < 1.29 is 37.1 Å². The number of ether oxygens (including phenoxy) is 1. The molecule has 3 fully saturated rings. The van der Waals surface area contributed by atoms with E-state index >= 15 is 0 Å². The average Bonchev–Trinajstić information content (AvgIpc) is 3.39. The molecule has 3 amide bonds. The zero-order valence-electron chi connectivity index (χ0n) is 16.6. The average molecular weight is 438 g/mol. The predicted molar refractivity (Wildman–Crippen MR) is 100 cm³/mol. The Morgan fingerprint density at radius 2 is 1.71 bits per heavy atom. The van der Waals surface area contributed by atoms with E-state index in [4.69, 9.17) is 4.74 Å². The molecule has 166 valence electrons. The van der Waals surface area contributed by atoms with Gasteiger partial charge in [-0.15, -0.1) is 0 Å². The van der Waals surface area contributed by atoms with Crippen LogP contribution < -0.4 is 5.32 Å². The summed E-state index contributed by atoms with van der Waals surface area (Å²) in [5.41, 5.74) is -1.49. The molecule has 1 aliphatic heterocycles. The molecule has 10 heteroatoms. The Kier molecular flexibility index (Phi) is 5.26. The summed E-state index contributed by atoms with van der Waals surface area (Å²) in [6.45, 7) is 0.502. The van der Waals surface area contributed by atoms with Gasteiger partial charge in [0.05, 0.1) is 23.1 Å². The van der Waals surface area contributed by atoms with E-state index in [0.717, 1.165) is 36.3 Å². The number of hydrogen-bond donors (Lipinski definition) is 1. The fourth-order valence-electron chi connectivity index (χ4n) is 5.20. The van der Waals surface area contributed by atoms with Crippen molar-refractivity contribution in [1.82, 2.24) is 4.90 Å². The maximum atomic E-state index is 13.0. The molecule has 2 bridgehead atoms. The van der Waals surface area contributed by atoms with Gasteiger partial charge in [-0.05, 0) is 50.2 Å². The number of alkyl halides is 3. The molecule has 31 heavy (non-hydrogen) atoms. The van der Waals surface area contributed by atoms with Crippen molar-refractivity contribution in [3.63, 3.8) is 0 Å². The number of para-hydroxylation sites is 1. The monoisotopic (exact) mass is 438 g/mol. The van der Waals surface area contributed by atoms with E-state index in [9.17, 15) is 32.3 Å². The Labute approximate surface area is 175 Å². The Morgan fingerprint density at radius 1 is 1.13 bits per heavy atom. The zero-order chi connectivity index (χ0) is 22.5. The second-order valence-corrected chi connectivity index (χ2v) is 8.31. The third-order valence-corrected chi connectivity index (χ3v) is 6.54. The van der Waals surface area contributed by atoms with Crippen LogP contribution in [0.1, 0.15) is 31.7 Å². The summed E-state index contributed by atoms with van der Waals surface area (Å²) in [5.74, 6) is -3.13. The predicted octanol–water partition coefficient (Wildman–Crippen LogP) is 2.61. The summed E-state index contributed by atoms with van der Waals surface area (Å²) < 4.78 is 43.9. The van der Waals surface area contributed by atoms with E-state index in [0.29, 0.717) is 0 Å². The van der Waals surface area contributed by atoms with Gasteiger partial charge in [0.2, 0.25) is 11.8 Å². The molecule has 1 aromatic carbocycles. The molecule has 4 rings (SSSR count). The lowest BCUT2D eigenvalue weighted by Gasteiger charge is -2.23. The van der Waals surface area contributed by atoms with Gasteiger partial charge >= 0.3 is 12.1 Å². The highest BCUT2D eigenvalue weighted by Gasteiger charge is 2.62. The standard InChI is InChI=1S/C21H21F3N2O5/c1-10(26-18(28)16-11-6-7-12(8-11)17(16)19(26)29)20(30)31-9-15(27)25-14-5-3-2-4-13(14)21(22,23)24/h2-5,10-12,16-17H,6-9H2,1H3,(H,25,27)/t10-,11+,12+,16-,17-/m1/s1. The number of amides is 3. The number of likely N-dealkylation sites (tertiary alicyclic amines) is 1. The lowest BCUT2D eigenvalue weighted by atomic mass is 9.81. The van der Waals surface area contributed by atoms with Gasteiger partial charge in [0, 0.05) is 0 Å². The van der Waals surface area contributed by atoms with E-state index in [1.54, 1.807) is 0 Å². The maximum Gasteiger partial charge on any atom is 0.418 e. The first kappa shape index (κ1) is 21.3. The molecule has 0 aromatic heterocycles. The van der Waals surface area contributed by atoms with Crippen molar-refractivity contribution in [3.05, 3.63) is 29.8 Å². The topological polar surface area (TPSA) is 92.8 Å². The van der Waals surface area contributed by atoms with Crippen LogP contribution >= 0.6 is 0 Å². The maximum absolute atomic E-state index is 13.0. The third kappa shape index (κ3) is 3.68. The van der Waals surface area contributed by atoms with Gasteiger partial charge in [0.25, 0.3) is 5.91 Å². The molecule has 2 saturated carbocycles. The summed E-state index contributed by atoms with van der Waals surface area (Å²) in [5, 5.41) is 2.07. The number of rotatable bonds is 5. The molecule has 1 N–H and O–H groups in total. The van der Waals surface area contributed by atoms with Crippen LogP contribution in [0, 0.1) is 23.7 Å². The minimum Gasteiger partial charge on any atom is -0.454 e. The first-order valence-electron chi connectivity index (χ1n) is 10.1. The Balaban J connectivity index is 1.36. The summed E-state index contributed by atoms with van der Waals surface area (Å²) >= 11 is 0. The van der Waals surface area contributed by atoms with Crippen molar-refractivity contribution >= 4 is 29.4 Å². The van der Waals surface area contributed by atoms with Crippen molar-refractivity contribution in [2.45, 2.75) is 38.4 Å². The zero-order valence-corrected chi connectivity index (χ0v) is 16.6. The fourth-order valence-corrected chi connectivity index (χ4v) is 5.20. The summed E-state index contributed by atoms with van der Waals surface area (Å²) in [6.07, 6.45) is -2.00. The number of imide groups is 1. The summed E-state index contributed by atoms with van der Waals surface area (Å²) in [6, 6.07) is 3.21. The molecule has 7 nitrogen and oxygen atoms in total. The van der Waals surface area contributed by atoms with Gasteiger partial charge in [0.15, 0.2) is 6.61 Å². The summed E-state index contributed by atoms with van der Waals surface area (Å²) in [4.78, 5) is 50.8. The number of carbonyl (C=O) groups excluding carboxylic acids is 4. The number of nitrogens with one attached hydrogen (secondary N) is 1. The SMILES string of the molecule is C[C@H](C(=O)OCC(=O)Nc1ccccc1C(F)(F)F)N1C(=O)[C@@H]2[C@H]3CC[C@@H](C3)[C@H]2C1=O. The van der Waals surface area contributed by atoms with Crippen LogP contribution in [0.3, 0.4) is 0 Å². The first-order valence-corrected chi connectivity index (χ1v) is 10.1. The Hall–Kier alpha value is -2.91. The van der Waals surface area contributed by atoms with Crippen LogP contribution in [0.2, 0.25) is 0 Å². The highest BCUT2D eigenvalue weighted by Crippen LogP contribution is 2.56. The van der Waals surface area contributed by atoms with Crippen LogP contribution in [0.15, 0.2) is 24.3 Å². The van der Waals surface area contributed by atoms with E-state index in [1.807, 2.05) is 0 Å². The first-order chi connectivity index (χ1) is 14.6. The van der Waals surface area contributed by atoms with Crippen LogP contribution in [0.5, 0.6) is 0 Å². The minimum atomic E-state index is -4.66. The van der Waals surface area contributed by atoms with E-state index in [1.165, 1.54) is 19.1 Å². The van der Waals surface area contributed by atoms with Gasteiger partial charge < -0.3 is 10.1 Å². The molecule has 5 atom stereocenters. The lowest BCUT2D eigenvalue weighted by Crippen LogP contribution is -2.45. The smallest absolute Gasteiger partial charge is 0.418 e. The van der Waals surface area contributed by atoms with Crippen molar-refractivity contribution in [3.8, 4) is 0 Å². The third-order valence-electron chi connectivity index (χ3n) is 6.54. The van der Waals surface area contributed by atoms with Crippen molar-refractivity contribution in [2.75, 3.05) is 11.9 Å². The lowest BCUT2D eigenvalue weighted by molar-refractivity contribution is -0.159. The number of anilines is 1. The van der Waals surface area contributed by atoms with Gasteiger partial charge in [-0.3, -0.25) is 19.3 Å². The molecule has 0 unspecified atom stereocenters. The molecule has 0 spiro atoms. The summed E-state index contributed by atoms with van der Waals surface area (Å²) in [7, 11) is 0. The molecular weight excluding hydrogens is 417 g/mol. The van der Waals surface area contributed by atoms with Crippen LogP contribution in [-0.2, 0) is 30.1 Å². The Bertz CT molecular complexity index is 919. The number of benzene rings is 1. The normalized spacial score (nSPS) is 27.9. The molecule has 1 heterocycles. The second-order valence-electron chi connectivity index (χ2n) is 8.31. The molecule has 0 radical (unpaired) electrons. The fraction of sp³-hybridized carbons (Fsp3) is 0.524. The quantitative estimate of drug-likeness (QED) is 0.564. The van der Waals surface area contributed by atoms with Crippen LogP contribution in [0.4, 0.5) is 18.9 Å². The van der Waals surface area contributed by atoms with E-state index in [2.05, 4.69) is 5.32 Å². The van der Waals surface area contributed by atoms with E-state index < -0.39 is 42.0 Å². The highest BCUT2D eigenvalue weighted by molar-refractivity contribution is 6.08. The Morgan fingerprint density at radius 3 is 2.29 bits per heavy atom. The van der Waals surface area contributed by atoms with Gasteiger partial charge in [-0.1, -0.05) is 12.1 Å². The minimum absolute atomic E-state index is 0.166. The van der Waals surface area contributed by atoms with Gasteiger partial charge in [-0.2, -0.15) is 13.2 Å². The molecular formula is C21H21F3N2O5. The van der Waals surface area contributed by atoms with E-state index in [-0.39, 0.29) is 35.5 Å². The molecule has 1 saturated heterocycles. The second kappa shape index (κ2) is 7.65. The van der Waals surface area contributed by atoms with Crippen molar-refractivity contribution in [2.24, 2.45) is 23.7 Å². The molecule has 2 aliphatic carbocycles. The van der Waals surface area contributed by atoms with Crippen LogP contribution in [0.25, 0.3) is 0 Å². The number of halogens is 3. The number of nitrogens with zero attached hydrogens (tertiary/aromatic N) is 1. The number of hydrogen-bond acceptors (Lipinski definition) is 5. The highest BCUT2D eigenvalue weighted by atomic mass is 19.4. The van der Waals surface area contributed by atoms with Crippen LogP contribution in [-0.4, -0.2) is 41.2 Å². The molecule has 1 aromatic rings.